The molecule has 1 saturated heterocycles. The number of halogens is 2. The van der Waals surface area contributed by atoms with Crippen LogP contribution in [0.3, 0.4) is 0 Å². The van der Waals surface area contributed by atoms with Gasteiger partial charge in [0.05, 0.1) is 21.7 Å². The number of benzene rings is 4. The van der Waals surface area contributed by atoms with Gasteiger partial charge in [-0.1, -0.05) is 59.6 Å². The Kier molecular flexibility index (Phi) is 18.2. The van der Waals surface area contributed by atoms with Gasteiger partial charge in [0.2, 0.25) is 0 Å². The number of aliphatic hydroxyl groups is 1. The molecule has 0 saturated carbocycles. The molecule has 1 aliphatic rings. The lowest BCUT2D eigenvalue weighted by Crippen LogP contribution is -2.45. The molecule has 2 unspecified atom stereocenters. The Bertz CT molecular complexity index is 2850. The molecule has 2 aromatic heterocycles. The molecule has 3 heterocycles. The number of rotatable bonds is 23. The monoisotopic (exact) mass is 986 g/mol. The van der Waals surface area contributed by atoms with Gasteiger partial charge >= 0.3 is 5.97 Å². The molecular formula is C54H56Cl2N6O8. The third-order valence-electron chi connectivity index (χ3n) is 12.2. The van der Waals surface area contributed by atoms with Crippen molar-refractivity contribution in [1.29, 1.82) is 5.26 Å². The van der Waals surface area contributed by atoms with Gasteiger partial charge < -0.3 is 39.6 Å². The van der Waals surface area contributed by atoms with Crippen LogP contribution in [-0.4, -0.2) is 76.2 Å². The Morgan fingerprint density at radius 1 is 0.843 bits per heavy atom. The highest BCUT2D eigenvalue weighted by molar-refractivity contribution is 6.32. The fraction of sp³-hybridized carbons (Fsp3) is 0.315. The van der Waals surface area contributed by atoms with E-state index in [4.69, 9.17) is 52.6 Å². The largest absolute Gasteiger partial charge is 0.488 e. The Labute approximate surface area is 418 Å². The lowest BCUT2D eigenvalue weighted by atomic mass is 9.92. The molecule has 14 nitrogen and oxygen atoms in total. The molecule has 16 heteroatoms. The van der Waals surface area contributed by atoms with E-state index in [1.165, 1.54) is 6.20 Å². The lowest BCUT2D eigenvalue weighted by Gasteiger charge is -2.31. The molecule has 7 rings (SSSR count). The van der Waals surface area contributed by atoms with E-state index in [0.717, 1.165) is 62.9 Å². The number of hydrogen-bond acceptors (Lipinski definition) is 13. The molecule has 1 aliphatic heterocycles. The summed E-state index contributed by atoms with van der Waals surface area (Å²) >= 11 is 13.7. The lowest BCUT2D eigenvalue weighted by molar-refractivity contribution is -0.145. The predicted molar refractivity (Wildman–Crippen MR) is 269 cm³/mol. The Morgan fingerprint density at radius 3 is 1.99 bits per heavy atom. The van der Waals surface area contributed by atoms with Crippen molar-refractivity contribution in [2.45, 2.75) is 84.8 Å². The summed E-state index contributed by atoms with van der Waals surface area (Å²) in [6.07, 6.45) is 9.85. The van der Waals surface area contributed by atoms with Gasteiger partial charge in [0, 0.05) is 111 Å². The Balaban J connectivity index is 1.10. The standard InChI is InChI=1S/C54H56Cl2N6O8/c1-34-40(32-69-52-19-50(42(22-58)17-47(52)55)67-31-39-16-37(23-59-3)25-61-27-39)7-4-10-45(34)46-11-5-8-41(35(46)2)33-70-53-20-51(68-30-38-15-36(21-57)24-60-26-38)43(18-48(53)56)28-62(29-44-9-6-14-66-44)49(12-13-63)54(64)65/h4-5,7-8,10-11,15-20,23-27,44,49,63H,6,9,12-14,22,28-33,58H2,1-3H3,(H,64,65). The zero-order valence-electron chi connectivity index (χ0n) is 39.4. The number of carboxylic acid groups (broad SMARTS) is 1. The SMILES string of the molecule is CN=Cc1cncc(COc2cc(OCc3cccc(-c4cccc(COc5cc(OCc6cncc(C#N)c6)c(CN(CC6CCCO6)C(CCO)C(=O)O)cc5Cl)c4C)c3C)c(Cl)cc2CN)c1. The Morgan fingerprint density at radius 2 is 1.43 bits per heavy atom. The molecule has 0 bridgehead atoms. The maximum Gasteiger partial charge on any atom is 0.321 e. The normalized spacial score (nSPS) is 13.9. The average Bonchev–Trinajstić information content (AvgIpc) is 3.88. The van der Waals surface area contributed by atoms with Crippen molar-refractivity contribution in [3.05, 3.63) is 163 Å². The van der Waals surface area contributed by atoms with Crippen molar-refractivity contribution in [3.8, 4) is 40.2 Å². The fourth-order valence-corrected chi connectivity index (χ4v) is 8.89. The van der Waals surface area contributed by atoms with Crippen molar-refractivity contribution in [3.63, 3.8) is 0 Å². The zero-order chi connectivity index (χ0) is 49.6. The molecule has 1 fully saturated rings. The van der Waals surface area contributed by atoms with Crippen LogP contribution in [0.2, 0.25) is 10.0 Å². The van der Waals surface area contributed by atoms with E-state index in [9.17, 15) is 20.3 Å². The summed E-state index contributed by atoms with van der Waals surface area (Å²) < 4.78 is 31.3. The number of aromatic nitrogens is 2. The molecule has 4 N–H and O–H groups in total. The summed E-state index contributed by atoms with van der Waals surface area (Å²) in [5.41, 5.74) is 16.2. The van der Waals surface area contributed by atoms with Gasteiger partial charge in [-0.2, -0.15) is 5.26 Å². The van der Waals surface area contributed by atoms with Crippen LogP contribution in [-0.2, 0) is 49.0 Å². The van der Waals surface area contributed by atoms with E-state index < -0.39 is 12.0 Å². The first-order valence-electron chi connectivity index (χ1n) is 22.9. The smallest absolute Gasteiger partial charge is 0.321 e. The van der Waals surface area contributed by atoms with Crippen molar-refractivity contribution in [1.82, 2.24) is 14.9 Å². The number of aliphatic imine (C=N–C) groups is 1. The number of aliphatic hydroxyl groups excluding tert-OH is 1. The van der Waals surface area contributed by atoms with E-state index in [1.807, 2.05) is 30.3 Å². The second-order valence-corrected chi connectivity index (χ2v) is 17.8. The van der Waals surface area contributed by atoms with Crippen molar-refractivity contribution in [2.24, 2.45) is 10.7 Å². The van der Waals surface area contributed by atoms with Crippen molar-refractivity contribution < 1.29 is 38.7 Å². The topological polar surface area (TPSA) is 195 Å². The van der Waals surface area contributed by atoms with Gasteiger partial charge in [0.25, 0.3) is 0 Å². The van der Waals surface area contributed by atoms with Gasteiger partial charge in [0.1, 0.15) is 61.5 Å². The molecule has 70 heavy (non-hydrogen) atoms. The second-order valence-electron chi connectivity index (χ2n) is 17.0. The van der Waals surface area contributed by atoms with Crippen LogP contribution in [0.1, 0.15) is 74.9 Å². The van der Waals surface area contributed by atoms with Crippen LogP contribution >= 0.6 is 23.2 Å². The van der Waals surface area contributed by atoms with Gasteiger partial charge in [-0.3, -0.25) is 24.7 Å². The number of nitriles is 1. The summed E-state index contributed by atoms with van der Waals surface area (Å²) in [6.45, 7) is 5.88. The Hall–Kier alpha value is -6.57. The van der Waals surface area contributed by atoms with Crippen molar-refractivity contribution >= 4 is 35.4 Å². The van der Waals surface area contributed by atoms with Crippen LogP contribution < -0.4 is 24.7 Å². The molecule has 2 atom stereocenters. The minimum Gasteiger partial charge on any atom is -0.488 e. The minimum absolute atomic E-state index is 0.0248. The highest BCUT2D eigenvalue weighted by atomic mass is 35.5. The number of aliphatic carboxylic acids is 1. The van der Waals surface area contributed by atoms with Gasteiger partial charge in [-0.25, -0.2) is 0 Å². The molecular weight excluding hydrogens is 932 g/mol. The van der Waals surface area contributed by atoms with Gasteiger partial charge in [-0.05, 0) is 90.8 Å². The van der Waals surface area contributed by atoms with Crippen LogP contribution in [0.4, 0.5) is 0 Å². The first-order valence-corrected chi connectivity index (χ1v) is 23.7. The fourth-order valence-electron chi connectivity index (χ4n) is 8.41. The predicted octanol–water partition coefficient (Wildman–Crippen LogP) is 9.58. The van der Waals surface area contributed by atoms with Crippen LogP contribution in [0, 0.1) is 25.2 Å². The molecule has 0 spiro atoms. The van der Waals surface area contributed by atoms with Crippen LogP contribution in [0.5, 0.6) is 23.0 Å². The molecule has 364 valence electrons. The molecule has 0 aliphatic carbocycles. The highest BCUT2D eigenvalue weighted by Crippen LogP contribution is 2.38. The third kappa shape index (κ3) is 13.2. The number of carboxylic acids is 1. The average molecular weight is 988 g/mol. The van der Waals surface area contributed by atoms with E-state index in [1.54, 1.807) is 67.1 Å². The van der Waals surface area contributed by atoms with Gasteiger partial charge in [0.15, 0.2) is 0 Å². The second kappa shape index (κ2) is 24.8. The summed E-state index contributed by atoms with van der Waals surface area (Å²) in [7, 11) is 1.71. The number of ether oxygens (including phenoxy) is 5. The highest BCUT2D eigenvalue weighted by Gasteiger charge is 2.30. The molecule has 0 radical (unpaired) electrons. The summed E-state index contributed by atoms with van der Waals surface area (Å²) in [4.78, 5) is 26.9. The molecule has 0 amide bonds. The quantitative estimate of drug-likeness (QED) is 0.0514. The van der Waals surface area contributed by atoms with E-state index in [-0.39, 0.29) is 58.6 Å². The van der Waals surface area contributed by atoms with E-state index >= 15 is 0 Å². The van der Waals surface area contributed by atoms with E-state index in [2.05, 4.69) is 47.0 Å². The summed E-state index contributed by atoms with van der Waals surface area (Å²) in [6, 6.07) is 23.9. The van der Waals surface area contributed by atoms with Crippen LogP contribution in [0.25, 0.3) is 11.1 Å². The first kappa shape index (κ1) is 51.3. The third-order valence-corrected chi connectivity index (χ3v) is 12.8. The minimum atomic E-state index is -1.05. The van der Waals surface area contributed by atoms with Crippen LogP contribution in [0.15, 0.2) is 103 Å². The maximum atomic E-state index is 12.5. The molecule has 4 aromatic carbocycles. The number of pyridine rings is 2. The number of hydrogen-bond donors (Lipinski definition) is 3. The number of nitrogens with zero attached hydrogens (tertiary/aromatic N) is 5. The molecule has 6 aromatic rings. The van der Waals surface area contributed by atoms with E-state index in [0.29, 0.717) is 62.9 Å². The van der Waals surface area contributed by atoms with Crippen molar-refractivity contribution in [2.75, 3.05) is 26.8 Å². The zero-order valence-corrected chi connectivity index (χ0v) is 40.9. The number of carbonyl (C=O) groups is 1. The number of nitrogens with two attached hydrogens (primary N) is 1. The maximum absolute atomic E-state index is 12.5. The summed E-state index contributed by atoms with van der Waals surface area (Å²) in [5, 5.41) is 30.3. The summed E-state index contributed by atoms with van der Waals surface area (Å²) in [5.74, 6) is 0.750. The first-order chi connectivity index (χ1) is 34.0. The van der Waals surface area contributed by atoms with Gasteiger partial charge in [-0.15, -0.1) is 0 Å².